The molecule has 0 saturated carbocycles. The SMILES string of the molecule is CCCOc1ccc2[nH]c(C(=O)NNC(=O)CCC(=O)NCCc3ccccc3)cc2c1. The average molecular weight is 437 g/mol. The summed E-state index contributed by atoms with van der Waals surface area (Å²) in [6.07, 6.45) is 1.66. The molecule has 0 bridgehead atoms. The van der Waals surface area contributed by atoms with Crippen LogP contribution in [0, 0.1) is 0 Å². The number of amides is 3. The molecule has 0 spiro atoms. The number of ether oxygens (including phenoxy) is 1. The van der Waals surface area contributed by atoms with Gasteiger partial charge in [0.1, 0.15) is 11.4 Å². The second kappa shape index (κ2) is 11.5. The molecule has 3 aromatic rings. The van der Waals surface area contributed by atoms with Crippen molar-refractivity contribution in [3.8, 4) is 5.75 Å². The summed E-state index contributed by atoms with van der Waals surface area (Å²) in [6.45, 7) is 3.16. The molecule has 0 unspecified atom stereocenters. The largest absolute Gasteiger partial charge is 0.494 e. The van der Waals surface area contributed by atoms with E-state index in [-0.39, 0.29) is 18.7 Å². The monoisotopic (exact) mass is 436 g/mol. The molecule has 2 aromatic carbocycles. The molecule has 8 nitrogen and oxygen atoms in total. The first kappa shape index (κ1) is 22.9. The summed E-state index contributed by atoms with van der Waals surface area (Å²) in [5.74, 6) is -0.388. The fourth-order valence-corrected chi connectivity index (χ4v) is 3.11. The van der Waals surface area contributed by atoms with Crippen molar-refractivity contribution in [2.75, 3.05) is 13.2 Å². The van der Waals surface area contributed by atoms with Gasteiger partial charge in [-0.25, -0.2) is 0 Å². The van der Waals surface area contributed by atoms with Crippen molar-refractivity contribution < 1.29 is 19.1 Å². The molecule has 0 aliphatic carbocycles. The van der Waals surface area contributed by atoms with Crippen molar-refractivity contribution in [1.82, 2.24) is 21.2 Å². The maximum absolute atomic E-state index is 12.3. The minimum atomic E-state index is -0.474. The Balaban J connectivity index is 1.38. The zero-order valence-electron chi connectivity index (χ0n) is 18.1. The summed E-state index contributed by atoms with van der Waals surface area (Å²) < 4.78 is 5.60. The van der Waals surface area contributed by atoms with Crippen LogP contribution in [-0.2, 0) is 16.0 Å². The lowest BCUT2D eigenvalue weighted by Crippen LogP contribution is -2.42. The van der Waals surface area contributed by atoms with Crippen LogP contribution >= 0.6 is 0 Å². The Morgan fingerprint density at radius 2 is 1.72 bits per heavy atom. The van der Waals surface area contributed by atoms with Crippen LogP contribution in [0.4, 0.5) is 0 Å². The fraction of sp³-hybridized carbons (Fsp3) is 0.292. The molecule has 4 N–H and O–H groups in total. The number of hydrogen-bond donors (Lipinski definition) is 4. The predicted molar refractivity (Wildman–Crippen MR) is 122 cm³/mol. The van der Waals surface area contributed by atoms with Crippen LogP contribution in [0.1, 0.15) is 42.2 Å². The van der Waals surface area contributed by atoms with Gasteiger partial charge in [0.25, 0.3) is 5.91 Å². The first-order valence-corrected chi connectivity index (χ1v) is 10.7. The van der Waals surface area contributed by atoms with Crippen molar-refractivity contribution in [2.24, 2.45) is 0 Å². The Hall–Kier alpha value is -3.81. The van der Waals surface area contributed by atoms with Crippen molar-refractivity contribution in [1.29, 1.82) is 0 Å². The summed E-state index contributed by atoms with van der Waals surface area (Å²) in [6, 6.07) is 17.0. The van der Waals surface area contributed by atoms with E-state index in [9.17, 15) is 14.4 Å². The Morgan fingerprint density at radius 1 is 0.938 bits per heavy atom. The van der Waals surface area contributed by atoms with Gasteiger partial charge in [0.15, 0.2) is 0 Å². The van der Waals surface area contributed by atoms with Crippen LogP contribution in [0.15, 0.2) is 54.6 Å². The summed E-state index contributed by atoms with van der Waals surface area (Å²) in [4.78, 5) is 39.2. The molecule has 32 heavy (non-hydrogen) atoms. The zero-order chi connectivity index (χ0) is 22.8. The maximum Gasteiger partial charge on any atom is 0.286 e. The third kappa shape index (κ3) is 6.87. The van der Waals surface area contributed by atoms with Gasteiger partial charge in [-0.2, -0.15) is 0 Å². The number of carbonyl (C=O) groups is 3. The van der Waals surface area contributed by atoms with Gasteiger partial charge in [0.2, 0.25) is 11.8 Å². The van der Waals surface area contributed by atoms with E-state index in [1.165, 1.54) is 0 Å². The second-order valence-electron chi connectivity index (χ2n) is 7.37. The molecule has 3 rings (SSSR count). The molecular weight excluding hydrogens is 408 g/mol. The molecule has 0 atom stereocenters. The number of benzene rings is 2. The standard InChI is InChI=1S/C24H28N4O4/c1-2-14-32-19-8-9-20-18(15-19)16-21(26-20)24(31)28-27-23(30)11-10-22(29)25-13-12-17-6-4-3-5-7-17/h3-9,15-16,26H,2,10-14H2,1H3,(H,25,29)(H,27,30)(H,28,31). The minimum absolute atomic E-state index is 0.0255. The van der Waals surface area contributed by atoms with E-state index in [1.54, 1.807) is 6.07 Å². The number of aromatic amines is 1. The predicted octanol–water partition coefficient (Wildman–Crippen LogP) is 2.86. The van der Waals surface area contributed by atoms with Gasteiger partial charge < -0.3 is 15.0 Å². The van der Waals surface area contributed by atoms with E-state index < -0.39 is 11.8 Å². The Labute approximate surface area is 186 Å². The molecule has 3 amide bonds. The molecule has 0 aliphatic heterocycles. The number of carbonyl (C=O) groups excluding carboxylic acids is 3. The van der Waals surface area contributed by atoms with Crippen LogP contribution in [0.3, 0.4) is 0 Å². The highest BCUT2D eigenvalue weighted by atomic mass is 16.5. The molecule has 1 aromatic heterocycles. The van der Waals surface area contributed by atoms with Gasteiger partial charge in [0.05, 0.1) is 6.61 Å². The van der Waals surface area contributed by atoms with Gasteiger partial charge in [-0.3, -0.25) is 25.2 Å². The number of hydrazine groups is 1. The lowest BCUT2D eigenvalue weighted by Gasteiger charge is -2.07. The van der Waals surface area contributed by atoms with E-state index in [0.29, 0.717) is 18.8 Å². The number of aromatic nitrogens is 1. The molecule has 168 valence electrons. The Bertz CT molecular complexity index is 1060. The molecule has 0 saturated heterocycles. The highest BCUT2D eigenvalue weighted by Gasteiger charge is 2.12. The molecule has 0 aliphatic rings. The number of H-pyrrole nitrogens is 1. The first-order chi connectivity index (χ1) is 15.5. The third-order valence-electron chi connectivity index (χ3n) is 4.78. The molecular formula is C24H28N4O4. The van der Waals surface area contributed by atoms with Crippen LogP contribution < -0.4 is 20.9 Å². The smallest absolute Gasteiger partial charge is 0.286 e. The maximum atomic E-state index is 12.3. The van der Waals surface area contributed by atoms with Crippen LogP contribution in [0.5, 0.6) is 5.75 Å². The van der Waals surface area contributed by atoms with E-state index in [2.05, 4.69) is 21.2 Å². The van der Waals surface area contributed by atoms with Crippen LogP contribution in [0.2, 0.25) is 0 Å². The van der Waals surface area contributed by atoms with Crippen molar-refractivity contribution in [2.45, 2.75) is 32.6 Å². The summed E-state index contributed by atoms with van der Waals surface area (Å²) in [5, 5.41) is 3.62. The van der Waals surface area contributed by atoms with Gasteiger partial charge in [-0.05, 0) is 42.7 Å². The third-order valence-corrected chi connectivity index (χ3v) is 4.78. The van der Waals surface area contributed by atoms with E-state index >= 15 is 0 Å². The van der Waals surface area contributed by atoms with E-state index in [1.807, 2.05) is 55.5 Å². The van der Waals surface area contributed by atoms with Gasteiger partial charge in [-0.1, -0.05) is 37.3 Å². The number of fused-ring (bicyclic) bond motifs is 1. The van der Waals surface area contributed by atoms with Gasteiger partial charge in [0, 0.05) is 30.3 Å². The first-order valence-electron chi connectivity index (χ1n) is 10.7. The highest BCUT2D eigenvalue weighted by molar-refractivity contribution is 5.99. The van der Waals surface area contributed by atoms with Gasteiger partial charge >= 0.3 is 0 Å². The minimum Gasteiger partial charge on any atom is -0.494 e. The quantitative estimate of drug-likeness (QED) is 0.366. The van der Waals surface area contributed by atoms with Crippen LogP contribution in [0.25, 0.3) is 10.9 Å². The molecule has 0 radical (unpaired) electrons. The summed E-state index contributed by atoms with van der Waals surface area (Å²) in [7, 11) is 0. The number of nitrogens with one attached hydrogen (secondary N) is 4. The lowest BCUT2D eigenvalue weighted by molar-refractivity contribution is -0.126. The van der Waals surface area contributed by atoms with E-state index in [0.717, 1.165) is 35.1 Å². The normalized spacial score (nSPS) is 10.5. The Kier molecular flexibility index (Phi) is 8.25. The van der Waals surface area contributed by atoms with Crippen LogP contribution in [-0.4, -0.2) is 35.9 Å². The lowest BCUT2D eigenvalue weighted by atomic mass is 10.1. The number of hydrogen-bond acceptors (Lipinski definition) is 4. The molecule has 8 heteroatoms. The van der Waals surface area contributed by atoms with Crippen molar-refractivity contribution >= 4 is 28.6 Å². The average Bonchev–Trinajstić information content (AvgIpc) is 3.24. The van der Waals surface area contributed by atoms with Gasteiger partial charge in [-0.15, -0.1) is 0 Å². The zero-order valence-corrected chi connectivity index (χ0v) is 18.1. The Morgan fingerprint density at radius 3 is 2.50 bits per heavy atom. The second-order valence-corrected chi connectivity index (χ2v) is 7.37. The summed E-state index contributed by atoms with van der Waals surface area (Å²) >= 11 is 0. The number of rotatable bonds is 10. The molecule has 1 heterocycles. The van der Waals surface area contributed by atoms with E-state index in [4.69, 9.17) is 4.74 Å². The summed E-state index contributed by atoms with van der Waals surface area (Å²) in [5.41, 5.74) is 6.94. The fourth-order valence-electron chi connectivity index (χ4n) is 3.11. The van der Waals surface area contributed by atoms with Crippen molar-refractivity contribution in [3.05, 3.63) is 65.9 Å². The highest BCUT2D eigenvalue weighted by Crippen LogP contribution is 2.21. The molecule has 0 fully saturated rings. The topological polar surface area (TPSA) is 112 Å². The van der Waals surface area contributed by atoms with Crippen molar-refractivity contribution in [3.63, 3.8) is 0 Å².